The van der Waals surface area contributed by atoms with Gasteiger partial charge in [-0.2, -0.15) is 4.68 Å². The van der Waals surface area contributed by atoms with Gasteiger partial charge in [-0.1, -0.05) is 35.8 Å². The molecule has 164 valence electrons. The van der Waals surface area contributed by atoms with Crippen molar-refractivity contribution in [2.75, 3.05) is 0 Å². The highest BCUT2D eigenvalue weighted by Crippen LogP contribution is 2.30. The Bertz CT molecular complexity index is 1480. The summed E-state index contributed by atoms with van der Waals surface area (Å²) in [5.41, 5.74) is 1.59. The number of aliphatic hydroxyl groups is 1. The van der Waals surface area contributed by atoms with Gasteiger partial charge in [0.1, 0.15) is 6.61 Å². The maximum Gasteiger partial charge on any atom is 0.350 e. The zero-order valence-electron chi connectivity index (χ0n) is 17.5. The number of allylic oxidation sites excluding steroid dienone is 1. The Labute approximate surface area is 193 Å². The fourth-order valence-electron chi connectivity index (χ4n) is 3.73. The van der Waals surface area contributed by atoms with Crippen molar-refractivity contribution in [3.8, 4) is 11.4 Å². The van der Waals surface area contributed by atoms with E-state index < -0.39 is 0 Å². The molecule has 32 heavy (non-hydrogen) atoms. The monoisotopic (exact) mass is 470 g/mol. The molecular formula is C23H20Cl2N4O3. The van der Waals surface area contributed by atoms with Gasteiger partial charge in [0.2, 0.25) is 0 Å². The Morgan fingerprint density at radius 1 is 1.12 bits per heavy atom. The van der Waals surface area contributed by atoms with Gasteiger partial charge in [-0.3, -0.25) is 13.9 Å². The van der Waals surface area contributed by atoms with Gasteiger partial charge in [-0.15, -0.1) is 5.10 Å². The summed E-state index contributed by atoms with van der Waals surface area (Å²) >= 11 is 12.7. The summed E-state index contributed by atoms with van der Waals surface area (Å²) in [4.78, 5) is 26.1. The summed E-state index contributed by atoms with van der Waals surface area (Å²) in [5.74, 6) is 0.265. The Morgan fingerprint density at radius 3 is 2.38 bits per heavy atom. The normalized spacial score (nSPS) is 11.3. The molecule has 0 amide bonds. The van der Waals surface area contributed by atoms with Crippen LogP contribution in [0.3, 0.4) is 0 Å². The van der Waals surface area contributed by atoms with Gasteiger partial charge in [0.15, 0.2) is 5.82 Å². The number of aliphatic hydroxyl groups excluding tert-OH is 1. The van der Waals surface area contributed by atoms with Gasteiger partial charge in [0.25, 0.3) is 5.56 Å². The van der Waals surface area contributed by atoms with Crippen LogP contribution >= 0.6 is 23.2 Å². The van der Waals surface area contributed by atoms with Gasteiger partial charge < -0.3 is 5.11 Å². The van der Waals surface area contributed by atoms with Crippen LogP contribution in [-0.2, 0) is 13.2 Å². The maximum atomic E-state index is 13.4. The molecule has 0 saturated heterocycles. The Kier molecular flexibility index (Phi) is 5.81. The van der Waals surface area contributed by atoms with E-state index in [1.807, 2.05) is 6.92 Å². The molecule has 1 N–H and O–H groups in total. The number of para-hydroxylation sites is 1. The molecular weight excluding hydrogens is 451 g/mol. The zero-order valence-corrected chi connectivity index (χ0v) is 19.0. The van der Waals surface area contributed by atoms with Gasteiger partial charge >= 0.3 is 5.69 Å². The number of aromatic nitrogens is 4. The predicted octanol–water partition coefficient (Wildman–Crippen LogP) is 4.19. The fraction of sp³-hybridized carbons (Fsp3) is 0.174. The SMILES string of the molecule is C=C(C)c1cn(-c2c(Cl)cccc2Cl)c(=O)c2ccc(-n3nc(CO)n(CC)c3=O)cc12. The molecule has 0 aliphatic rings. The first kappa shape index (κ1) is 22.1. The summed E-state index contributed by atoms with van der Waals surface area (Å²) in [6, 6.07) is 10.0. The van der Waals surface area contributed by atoms with Crippen LogP contribution < -0.4 is 11.2 Å². The average molecular weight is 471 g/mol. The first-order chi connectivity index (χ1) is 15.3. The minimum absolute atomic E-state index is 0.265. The Morgan fingerprint density at radius 2 is 1.81 bits per heavy atom. The molecule has 0 fully saturated rings. The van der Waals surface area contributed by atoms with Crippen LogP contribution in [0.5, 0.6) is 0 Å². The number of rotatable bonds is 5. The highest BCUT2D eigenvalue weighted by molar-refractivity contribution is 6.37. The van der Waals surface area contributed by atoms with E-state index in [4.69, 9.17) is 23.2 Å². The van der Waals surface area contributed by atoms with Crippen molar-refractivity contribution in [3.05, 3.63) is 91.4 Å². The molecule has 0 spiro atoms. The molecule has 7 nitrogen and oxygen atoms in total. The van der Waals surface area contributed by atoms with Gasteiger partial charge in [-0.05, 0) is 55.1 Å². The van der Waals surface area contributed by atoms with Gasteiger partial charge in [0, 0.05) is 23.7 Å². The summed E-state index contributed by atoms with van der Waals surface area (Å²) in [7, 11) is 0. The molecule has 0 bridgehead atoms. The van der Waals surface area contributed by atoms with Crippen LogP contribution in [0.2, 0.25) is 10.0 Å². The first-order valence-electron chi connectivity index (χ1n) is 9.88. The molecule has 2 heterocycles. The standard InChI is InChI=1S/C23H20Cl2N4O3/c1-4-27-20(12-30)26-29(23(27)32)14-8-9-15-16(10-14)17(13(2)3)11-28(22(15)31)21-18(24)6-5-7-19(21)25/h5-11,30H,2,4,12H2,1,3H3. The lowest BCUT2D eigenvalue weighted by Crippen LogP contribution is -2.24. The van der Waals surface area contributed by atoms with E-state index in [-0.39, 0.29) is 23.7 Å². The number of halogens is 2. The van der Waals surface area contributed by atoms with E-state index in [1.165, 1.54) is 13.8 Å². The van der Waals surface area contributed by atoms with Crippen molar-refractivity contribution in [2.45, 2.75) is 27.0 Å². The number of hydrogen-bond acceptors (Lipinski definition) is 4. The molecule has 0 atom stereocenters. The van der Waals surface area contributed by atoms with Crippen molar-refractivity contribution in [1.82, 2.24) is 18.9 Å². The highest BCUT2D eigenvalue weighted by atomic mass is 35.5. The summed E-state index contributed by atoms with van der Waals surface area (Å²) < 4.78 is 4.02. The summed E-state index contributed by atoms with van der Waals surface area (Å²) in [6.45, 7) is 7.69. The van der Waals surface area contributed by atoms with Crippen LogP contribution in [0.4, 0.5) is 0 Å². The van der Waals surface area contributed by atoms with Crippen molar-refractivity contribution in [1.29, 1.82) is 0 Å². The van der Waals surface area contributed by atoms with Crippen molar-refractivity contribution >= 4 is 39.5 Å². The third-order valence-electron chi connectivity index (χ3n) is 5.28. The maximum absolute atomic E-state index is 13.4. The second kappa shape index (κ2) is 8.43. The smallest absolute Gasteiger partial charge is 0.350 e. The van der Waals surface area contributed by atoms with E-state index in [0.717, 1.165) is 0 Å². The fourth-order valence-corrected chi connectivity index (χ4v) is 4.31. The largest absolute Gasteiger partial charge is 0.388 e. The molecule has 4 rings (SSSR count). The van der Waals surface area contributed by atoms with E-state index in [0.29, 0.717) is 49.9 Å². The Balaban J connectivity index is 2.03. The summed E-state index contributed by atoms with van der Waals surface area (Å²) in [6.07, 6.45) is 1.65. The summed E-state index contributed by atoms with van der Waals surface area (Å²) in [5, 5.41) is 15.5. The molecule has 0 aliphatic heterocycles. The lowest BCUT2D eigenvalue weighted by molar-refractivity contribution is 0.264. The lowest BCUT2D eigenvalue weighted by atomic mass is 10.0. The number of hydrogen-bond donors (Lipinski definition) is 1. The van der Waals surface area contributed by atoms with Crippen molar-refractivity contribution < 1.29 is 5.11 Å². The number of fused-ring (bicyclic) bond motifs is 1. The molecule has 0 radical (unpaired) electrons. The van der Waals surface area contributed by atoms with Crippen LogP contribution in [0.25, 0.3) is 27.7 Å². The topological polar surface area (TPSA) is 82.0 Å². The minimum Gasteiger partial charge on any atom is -0.388 e. The molecule has 2 aromatic heterocycles. The first-order valence-corrected chi connectivity index (χ1v) is 10.6. The number of benzene rings is 2. The molecule has 4 aromatic rings. The average Bonchev–Trinajstić information content (AvgIpc) is 3.09. The van der Waals surface area contributed by atoms with Crippen LogP contribution in [0.15, 0.2) is 58.8 Å². The molecule has 0 unspecified atom stereocenters. The van der Waals surface area contributed by atoms with E-state index in [2.05, 4.69) is 11.7 Å². The molecule has 9 heteroatoms. The quantitative estimate of drug-likeness (QED) is 0.473. The molecule has 0 saturated carbocycles. The van der Waals surface area contributed by atoms with E-state index in [1.54, 1.807) is 49.5 Å². The molecule has 0 aliphatic carbocycles. The predicted molar refractivity (Wildman–Crippen MR) is 127 cm³/mol. The van der Waals surface area contributed by atoms with Crippen molar-refractivity contribution in [3.63, 3.8) is 0 Å². The lowest BCUT2D eigenvalue weighted by Gasteiger charge is -2.15. The number of nitrogens with zero attached hydrogens (tertiary/aromatic N) is 4. The minimum atomic E-state index is -0.371. The third-order valence-corrected chi connectivity index (χ3v) is 5.89. The molecule has 2 aromatic carbocycles. The number of pyridine rings is 1. The van der Waals surface area contributed by atoms with Crippen LogP contribution in [0.1, 0.15) is 25.2 Å². The highest BCUT2D eigenvalue weighted by Gasteiger charge is 2.18. The second-order valence-electron chi connectivity index (χ2n) is 7.31. The Hall–Kier alpha value is -3.13. The van der Waals surface area contributed by atoms with Crippen molar-refractivity contribution in [2.24, 2.45) is 0 Å². The van der Waals surface area contributed by atoms with Crippen LogP contribution in [0, 0.1) is 0 Å². The van der Waals surface area contributed by atoms with Gasteiger partial charge in [-0.25, -0.2) is 4.79 Å². The van der Waals surface area contributed by atoms with Gasteiger partial charge in [0.05, 0.1) is 21.4 Å². The third kappa shape index (κ3) is 3.48. The second-order valence-corrected chi connectivity index (χ2v) is 8.13. The zero-order chi connectivity index (χ0) is 23.2. The van der Waals surface area contributed by atoms with E-state index >= 15 is 0 Å². The van der Waals surface area contributed by atoms with Crippen LogP contribution in [-0.4, -0.2) is 24.0 Å². The van der Waals surface area contributed by atoms with E-state index in [9.17, 15) is 14.7 Å².